The van der Waals surface area contributed by atoms with Crippen LogP contribution in [-0.4, -0.2) is 7.28 Å². The van der Waals surface area contributed by atoms with E-state index in [4.69, 9.17) is 0 Å². The Hall–Kier alpha value is -0.195. The maximum absolute atomic E-state index is 3.86. The molecule has 3 unspecified atom stereocenters. The SMILES string of the molecule is C=CCC1CCC2BC1CCC2. The average molecular weight is 162 g/mol. The molecule has 1 heteroatoms. The van der Waals surface area contributed by atoms with E-state index in [0.29, 0.717) is 0 Å². The van der Waals surface area contributed by atoms with Crippen LogP contribution in [0.5, 0.6) is 0 Å². The zero-order valence-electron chi connectivity index (χ0n) is 7.97. The van der Waals surface area contributed by atoms with Gasteiger partial charge in [-0.25, -0.2) is 0 Å². The highest BCUT2D eigenvalue weighted by Gasteiger charge is 2.33. The molecular formula is C11H19B. The smallest absolute Gasteiger partial charge is 0.103 e. The third kappa shape index (κ3) is 1.60. The quantitative estimate of drug-likeness (QED) is 0.432. The van der Waals surface area contributed by atoms with Gasteiger partial charge in [-0.2, -0.15) is 0 Å². The van der Waals surface area contributed by atoms with E-state index < -0.39 is 0 Å². The predicted octanol–water partition coefficient (Wildman–Crippen LogP) is 3.17. The molecule has 0 nitrogen and oxygen atoms in total. The molecule has 2 rings (SSSR count). The van der Waals surface area contributed by atoms with E-state index in [-0.39, 0.29) is 0 Å². The first-order valence-electron chi connectivity index (χ1n) is 5.51. The molecule has 66 valence electrons. The van der Waals surface area contributed by atoms with Gasteiger partial charge in [0.15, 0.2) is 0 Å². The molecule has 0 amide bonds. The lowest BCUT2D eigenvalue weighted by Gasteiger charge is -2.39. The summed E-state index contributed by atoms with van der Waals surface area (Å²) in [6.07, 6.45) is 10.9. The Bertz CT molecular complexity index is 164. The molecule has 0 aromatic heterocycles. The number of allylic oxidation sites excluding steroid dienone is 1. The van der Waals surface area contributed by atoms with Gasteiger partial charge in [-0.15, -0.1) is 6.58 Å². The Morgan fingerprint density at radius 3 is 3.00 bits per heavy atom. The lowest BCUT2D eigenvalue weighted by molar-refractivity contribution is 0.344. The summed E-state index contributed by atoms with van der Waals surface area (Å²) in [5, 5.41) is 0. The summed E-state index contributed by atoms with van der Waals surface area (Å²) in [7, 11) is 1.54. The van der Waals surface area contributed by atoms with Crippen LogP contribution in [0, 0.1) is 5.92 Å². The molecule has 0 N–H and O–H groups in total. The van der Waals surface area contributed by atoms with Crippen molar-refractivity contribution in [1.82, 2.24) is 0 Å². The Balaban J connectivity index is 1.94. The number of fused-ring (bicyclic) bond motifs is 2. The monoisotopic (exact) mass is 162 g/mol. The second-order valence-electron chi connectivity index (χ2n) is 4.65. The summed E-state index contributed by atoms with van der Waals surface area (Å²) in [6, 6.07) is 0. The molecule has 0 aromatic rings. The van der Waals surface area contributed by atoms with Gasteiger partial charge in [-0.3, -0.25) is 0 Å². The fourth-order valence-electron chi connectivity index (χ4n) is 3.23. The highest BCUT2D eigenvalue weighted by atomic mass is 14.3. The van der Waals surface area contributed by atoms with Crippen molar-refractivity contribution in [2.45, 2.75) is 50.2 Å². The first-order valence-corrected chi connectivity index (χ1v) is 5.51. The van der Waals surface area contributed by atoms with Crippen molar-refractivity contribution in [3.8, 4) is 0 Å². The summed E-state index contributed by atoms with van der Waals surface area (Å²) in [5.41, 5.74) is 0. The lowest BCUT2D eigenvalue weighted by atomic mass is 9.41. The van der Waals surface area contributed by atoms with Crippen LogP contribution in [0.2, 0.25) is 11.6 Å². The van der Waals surface area contributed by atoms with E-state index in [1.807, 2.05) is 0 Å². The first-order chi connectivity index (χ1) is 5.90. The van der Waals surface area contributed by atoms with Crippen LogP contribution < -0.4 is 0 Å². The van der Waals surface area contributed by atoms with E-state index in [9.17, 15) is 0 Å². The summed E-state index contributed by atoms with van der Waals surface area (Å²) in [4.78, 5) is 0. The van der Waals surface area contributed by atoms with Crippen molar-refractivity contribution in [3.05, 3.63) is 12.7 Å². The van der Waals surface area contributed by atoms with E-state index in [1.165, 1.54) is 38.5 Å². The zero-order valence-corrected chi connectivity index (χ0v) is 7.97. The predicted molar refractivity (Wildman–Crippen MR) is 56.0 cm³/mol. The van der Waals surface area contributed by atoms with Gasteiger partial charge in [0.25, 0.3) is 0 Å². The molecular weight excluding hydrogens is 143 g/mol. The van der Waals surface area contributed by atoms with Crippen LogP contribution in [0.3, 0.4) is 0 Å². The van der Waals surface area contributed by atoms with Crippen molar-refractivity contribution in [3.63, 3.8) is 0 Å². The van der Waals surface area contributed by atoms with Gasteiger partial charge in [-0.05, 0) is 12.3 Å². The summed E-state index contributed by atoms with van der Waals surface area (Å²) >= 11 is 0. The molecule has 2 aliphatic heterocycles. The molecule has 2 fully saturated rings. The molecule has 2 saturated heterocycles. The van der Waals surface area contributed by atoms with Crippen LogP contribution in [0.1, 0.15) is 38.5 Å². The Morgan fingerprint density at radius 1 is 1.25 bits per heavy atom. The minimum Gasteiger partial charge on any atom is -0.103 e. The van der Waals surface area contributed by atoms with E-state index >= 15 is 0 Å². The van der Waals surface area contributed by atoms with Crippen molar-refractivity contribution in [2.75, 3.05) is 0 Å². The van der Waals surface area contributed by atoms with Gasteiger partial charge in [0.05, 0.1) is 0 Å². The van der Waals surface area contributed by atoms with Gasteiger partial charge in [0.2, 0.25) is 0 Å². The number of rotatable bonds is 2. The van der Waals surface area contributed by atoms with Gasteiger partial charge in [0.1, 0.15) is 7.28 Å². The standard InChI is InChI=1S/C11H19B/c1-2-4-9-7-8-10-5-3-6-11(9)12-10/h2,9-12H,1,3-8H2. The lowest BCUT2D eigenvalue weighted by Crippen LogP contribution is -2.28. The Morgan fingerprint density at radius 2 is 2.17 bits per heavy atom. The largest absolute Gasteiger partial charge is 0.127 e. The van der Waals surface area contributed by atoms with Crippen LogP contribution in [0.4, 0.5) is 0 Å². The van der Waals surface area contributed by atoms with Crippen LogP contribution in [0.25, 0.3) is 0 Å². The maximum Gasteiger partial charge on any atom is 0.127 e. The molecule has 2 bridgehead atoms. The minimum absolute atomic E-state index is 0.999. The van der Waals surface area contributed by atoms with Crippen LogP contribution in [0.15, 0.2) is 12.7 Å². The molecule has 0 saturated carbocycles. The molecule has 0 aliphatic carbocycles. The van der Waals surface area contributed by atoms with Crippen molar-refractivity contribution in [2.24, 2.45) is 5.92 Å². The van der Waals surface area contributed by atoms with Gasteiger partial charge < -0.3 is 0 Å². The number of hydrogen-bond acceptors (Lipinski definition) is 0. The summed E-state index contributed by atoms with van der Waals surface area (Å²) < 4.78 is 0. The molecule has 2 aliphatic rings. The molecule has 3 atom stereocenters. The summed E-state index contributed by atoms with van der Waals surface area (Å²) in [6.45, 7) is 3.86. The first kappa shape index (κ1) is 8.41. The average Bonchev–Trinajstić information content (AvgIpc) is 2.11. The van der Waals surface area contributed by atoms with E-state index in [0.717, 1.165) is 17.6 Å². The third-order valence-electron chi connectivity index (χ3n) is 3.91. The van der Waals surface area contributed by atoms with E-state index in [1.54, 1.807) is 7.28 Å². The second kappa shape index (κ2) is 3.68. The van der Waals surface area contributed by atoms with Gasteiger partial charge >= 0.3 is 0 Å². The van der Waals surface area contributed by atoms with E-state index in [2.05, 4.69) is 12.7 Å². The van der Waals surface area contributed by atoms with Crippen molar-refractivity contribution < 1.29 is 0 Å². The normalized spacial score (nSPS) is 40.2. The maximum atomic E-state index is 3.86. The molecule has 12 heavy (non-hydrogen) atoms. The van der Waals surface area contributed by atoms with Gasteiger partial charge in [-0.1, -0.05) is 49.8 Å². The highest BCUT2D eigenvalue weighted by molar-refractivity contribution is 6.40. The Kier molecular flexibility index (Phi) is 2.58. The molecule has 0 spiro atoms. The molecule has 2 heterocycles. The molecule has 0 aromatic carbocycles. The van der Waals surface area contributed by atoms with Crippen molar-refractivity contribution in [1.29, 1.82) is 0 Å². The number of hydrogen-bond donors (Lipinski definition) is 0. The third-order valence-corrected chi connectivity index (χ3v) is 3.91. The minimum atomic E-state index is 0.999. The van der Waals surface area contributed by atoms with Crippen molar-refractivity contribution >= 4 is 7.28 Å². The fraction of sp³-hybridized carbons (Fsp3) is 0.818. The zero-order chi connectivity index (χ0) is 8.39. The highest BCUT2D eigenvalue weighted by Crippen LogP contribution is 2.45. The van der Waals surface area contributed by atoms with Crippen LogP contribution >= 0.6 is 0 Å². The second-order valence-corrected chi connectivity index (χ2v) is 4.65. The topological polar surface area (TPSA) is 0 Å². The van der Waals surface area contributed by atoms with Crippen LogP contribution in [-0.2, 0) is 0 Å². The fourth-order valence-corrected chi connectivity index (χ4v) is 3.23. The molecule has 0 radical (unpaired) electrons. The Labute approximate surface area is 76.7 Å². The summed E-state index contributed by atoms with van der Waals surface area (Å²) in [5.74, 6) is 3.17. The van der Waals surface area contributed by atoms with Gasteiger partial charge in [0, 0.05) is 0 Å².